The number of benzene rings is 2. The van der Waals surface area contributed by atoms with E-state index < -0.39 is 0 Å². The molecule has 1 heterocycles. The summed E-state index contributed by atoms with van der Waals surface area (Å²) >= 11 is 0. The van der Waals surface area contributed by atoms with Gasteiger partial charge >= 0.3 is 0 Å². The van der Waals surface area contributed by atoms with E-state index in [0.29, 0.717) is 31.8 Å². The minimum atomic E-state index is -0.156. The molecule has 2 N–H and O–H groups in total. The first-order chi connectivity index (χ1) is 12.2. The van der Waals surface area contributed by atoms with Crippen LogP contribution in [0.15, 0.2) is 48.5 Å². The summed E-state index contributed by atoms with van der Waals surface area (Å²) < 4.78 is 11.7. The molecule has 0 aromatic heterocycles. The summed E-state index contributed by atoms with van der Waals surface area (Å²) in [6, 6.07) is 15.1. The first-order valence-corrected chi connectivity index (χ1v) is 8.66. The second-order valence-corrected chi connectivity index (χ2v) is 6.26. The van der Waals surface area contributed by atoms with Crippen LogP contribution in [-0.2, 0) is 11.2 Å². The smallest absolute Gasteiger partial charge is 0.227 e. The normalized spacial score (nSPS) is 15.0. The number of nitrogens with zero attached hydrogens (tertiary/aromatic N) is 1. The van der Waals surface area contributed by atoms with Gasteiger partial charge in [-0.15, -0.1) is 12.4 Å². The Bertz CT molecular complexity index is 721. The Labute approximate surface area is 160 Å². The molecule has 2 aromatic carbocycles. The SMILES string of the molecule is CCCN(CC1COc2ccccc2O1)C(=O)Cc1ccc(N)cc1.Cl. The van der Waals surface area contributed by atoms with E-state index in [9.17, 15) is 4.79 Å². The number of carbonyl (C=O) groups is 1. The molecule has 0 spiro atoms. The zero-order chi connectivity index (χ0) is 17.6. The first kappa shape index (κ1) is 19.9. The second-order valence-electron chi connectivity index (χ2n) is 6.26. The van der Waals surface area contributed by atoms with E-state index in [1.165, 1.54) is 0 Å². The van der Waals surface area contributed by atoms with E-state index in [1.807, 2.05) is 53.4 Å². The number of carbonyl (C=O) groups excluding carboxylic acids is 1. The van der Waals surface area contributed by atoms with Crippen LogP contribution in [0.5, 0.6) is 11.5 Å². The number of para-hydroxylation sites is 2. The Morgan fingerprint density at radius 1 is 1.15 bits per heavy atom. The van der Waals surface area contributed by atoms with Gasteiger partial charge in [0.2, 0.25) is 5.91 Å². The summed E-state index contributed by atoms with van der Waals surface area (Å²) in [4.78, 5) is 14.6. The van der Waals surface area contributed by atoms with Crippen LogP contribution >= 0.6 is 12.4 Å². The van der Waals surface area contributed by atoms with Gasteiger partial charge < -0.3 is 20.1 Å². The first-order valence-electron chi connectivity index (χ1n) is 8.66. The van der Waals surface area contributed by atoms with Crippen LogP contribution in [0.4, 0.5) is 5.69 Å². The van der Waals surface area contributed by atoms with E-state index in [0.717, 1.165) is 23.5 Å². The number of ether oxygens (including phenoxy) is 2. The number of nitrogen functional groups attached to an aromatic ring is 1. The zero-order valence-corrected chi connectivity index (χ0v) is 15.7. The highest BCUT2D eigenvalue weighted by atomic mass is 35.5. The van der Waals surface area contributed by atoms with Gasteiger partial charge in [0, 0.05) is 12.2 Å². The Morgan fingerprint density at radius 2 is 1.85 bits per heavy atom. The molecule has 140 valence electrons. The highest BCUT2D eigenvalue weighted by Gasteiger charge is 2.25. The van der Waals surface area contributed by atoms with Crippen LogP contribution in [0.1, 0.15) is 18.9 Å². The van der Waals surface area contributed by atoms with Crippen molar-refractivity contribution in [2.45, 2.75) is 25.9 Å². The van der Waals surface area contributed by atoms with Crippen molar-refractivity contribution in [2.24, 2.45) is 0 Å². The molecule has 0 bridgehead atoms. The summed E-state index contributed by atoms with van der Waals surface area (Å²) in [5.74, 6) is 1.59. The Hall–Kier alpha value is -2.40. The lowest BCUT2D eigenvalue weighted by molar-refractivity contribution is -0.132. The van der Waals surface area contributed by atoms with E-state index in [2.05, 4.69) is 6.92 Å². The number of hydrogen-bond donors (Lipinski definition) is 1. The van der Waals surface area contributed by atoms with Crippen LogP contribution in [0, 0.1) is 0 Å². The molecule has 3 rings (SSSR count). The van der Waals surface area contributed by atoms with Crippen molar-refractivity contribution in [3.05, 3.63) is 54.1 Å². The average molecular weight is 377 g/mol. The molecule has 0 saturated heterocycles. The molecule has 26 heavy (non-hydrogen) atoms. The zero-order valence-electron chi connectivity index (χ0n) is 14.9. The molecule has 1 aliphatic heterocycles. The largest absolute Gasteiger partial charge is 0.486 e. The van der Waals surface area contributed by atoms with Crippen molar-refractivity contribution >= 4 is 24.0 Å². The molecule has 0 saturated carbocycles. The summed E-state index contributed by atoms with van der Waals surface area (Å²) in [5, 5.41) is 0. The number of nitrogens with two attached hydrogens (primary N) is 1. The van der Waals surface area contributed by atoms with E-state index in [1.54, 1.807) is 0 Å². The molecule has 5 nitrogen and oxygen atoms in total. The average Bonchev–Trinajstić information content (AvgIpc) is 2.63. The number of halogens is 1. The lowest BCUT2D eigenvalue weighted by Gasteiger charge is -2.31. The van der Waals surface area contributed by atoms with E-state index >= 15 is 0 Å². The summed E-state index contributed by atoms with van der Waals surface area (Å²) in [6.45, 7) is 3.74. The standard InChI is InChI=1S/C20H24N2O3.ClH/c1-2-11-22(20(23)12-15-7-9-16(21)10-8-15)13-17-14-24-18-5-3-4-6-19(18)25-17;/h3-10,17H,2,11-14,21H2,1H3;1H. The molecular weight excluding hydrogens is 352 g/mol. The van der Waals surface area contributed by atoms with Crippen LogP contribution in [-0.4, -0.2) is 36.6 Å². The topological polar surface area (TPSA) is 64.8 Å². The minimum Gasteiger partial charge on any atom is -0.486 e. The fraction of sp³-hybridized carbons (Fsp3) is 0.350. The summed E-state index contributed by atoms with van der Waals surface area (Å²) in [5.41, 5.74) is 7.37. The highest BCUT2D eigenvalue weighted by molar-refractivity contribution is 5.85. The maximum atomic E-state index is 12.7. The van der Waals surface area contributed by atoms with Crippen LogP contribution in [0.3, 0.4) is 0 Å². The molecule has 1 amide bonds. The number of amides is 1. The number of hydrogen-bond acceptors (Lipinski definition) is 4. The van der Waals surface area contributed by atoms with Gasteiger partial charge in [-0.25, -0.2) is 0 Å². The Morgan fingerprint density at radius 3 is 2.54 bits per heavy atom. The molecule has 1 aliphatic rings. The predicted octanol–water partition coefficient (Wildman–Crippen LogP) is 3.31. The third-order valence-corrected chi connectivity index (χ3v) is 4.17. The van der Waals surface area contributed by atoms with Gasteiger partial charge in [0.05, 0.1) is 13.0 Å². The van der Waals surface area contributed by atoms with Crippen molar-refractivity contribution < 1.29 is 14.3 Å². The molecule has 1 atom stereocenters. The van der Waals surface area contributed by atoms with Gasteiger partial charge in [-0.2, -0.15) is 0 Å². The van der Waals surface area contributed by atoms with Crippen molar-refractivity contribution in [1.29, 1.82) is 0 Å². The minimum absolute atomic E-state index is 0. The maximum absolute atomic E-state index is 12.7. The second kappa shape index (κ2) is 9.34. The third-order valence-electron chi connectivity index (χ3n) is 4.17. The highest BCUT2D eigenvalue weighted by Crippen LogP contribution is 2.31. The van der Waals surface area contributed by atoms with Crippen molar-refractivity contribution in [3.63, 3.8) is 0 Å². The monoisotopic (exact) mass is 376 g/mol. The van der Waals surface area contributed by atoms with Gasteiger partial charge in [0.25, 0.3) is 0 Å². The quantitative estimate of drug-likeness (QED) is 0.785. The van der Waals surface area contributed by atoms with Gasteiger partial charge in [0.1, 0.15) is 6.61 Å². The van der Waals surface area contributed by atoms with Gasteiger partial charge in [-0.05, 0) is 36.2 Å². The lowest BCUT2D eigenvalue weighted by Crippen LogP contribution is -2.44. The number of rotatable bonds is 6. The third kappa shape index (κ3) is 5.05. The van der Waals surface area contributed by atoms with Crippen LogP contribution in [0.2, 0.25) is 0 Å². The molecular formula is C20H25ClN2O3. The van der Waals surface area contributed by atoms with Gasteiger partial charge in [-0.1, -0.05) is 31.2 Å². The fourth-order valence-electron chi connectivity index (χ4n) is 2.91. The Balaban J connectivity index is 0.00000243. The van der Waals surface area contributed by atoms with Crippen molar-refractivity contribution in [3.8, 4) is 11.5 Å². The number of anilines is 1. The van der Waals surface area contributed by atoms with Crippen molar-refractivity contribution in [2.75, 3.05) is 25.4 Å². The number of fused-ring (bicyclic) bond motifs is 1. The fourth-order valence-corrected chi connectivity index (χ4v) is 2.91. The van der Waals surface area contributed by atoms with Crippen LogP contribution in [0.25, 0.3) is 0 Å². The molecule has 0 radical (unpaired) electrons. The molecule has 0 aliphatic carbocycles. The van der Waals surface area contributed by atoms with Gasteiger partial charge in [0.15, 0.2) is 17.6 Å². The maximum Gasteiger partial charge on any atom is 0.227 e. The lowest BCUT2D eigenvalue weighted by atomic mass is 10.1. The summed E-state index contributed by atoms with van der Waals surface area (Å²) in [6.07, 6.45) is 1.11. The van der Waals surface area contributed by atoms with Crippen molar-refractivity contribution in [1.82, 2.24) is 4.90 Å². The molecule has 2 aromatic rings. The van der Waals surface area contributed by atoms with E-state index in [-0.39, 0.29) is 24.4 Å². The summed E-state index contributed by atoms with van der Waals surface area (Å²) in [7, 11) is 0. The predicted molar refractivity (Wildman–Crippen MR) is 105 cm³/mol. The molecule has 0 fully saturated rings. The van der Waals surface area contributed by atoms with E-state index in [4.69, 9.17) is 15.2 Å². The molecule has 6 heteroatoms. The Kier molecular flexibility index (Phi) is 7.16. The van der Waals surface area contributed by atoms with Crippen LogP contribution < -0.4 is 15.2 Å². The van der Waals surface area contributed by atoms with Gasteiger partial charge in [-0.3, -0.25) is 4.79 Å². The molecule has 1 unspecified atom stereocenters.